The highest BCUT2D eigenvalue weighted by Gasteiger charge is 2.31. The summed E-state index contributed by atoms with van der Waals surface area (Å²) in [6, 6.07) is 3.40. The summed E-state index contributed by atoms with van der Waals surface area (Å²) in [5.74, 6) is -4.42. The molecule has 3 aromatic rings. The molecule has 0 fully saturated rings. The van der Waals surface area contributed by atoms with Crippen LogP contribution in [-0.4, -0.2) is 41.5 Å². The normalized spacial score (nSPS) is 12.8. The van der Waals surface area contributed by atoms with Crippen LogP contribution in [0.3, 0.4) is 0 Å². The fourth-order valence-corrected chi connectivity index (χ4v) is 3.74. The van der Waals surface area contributed by atoms with E-state index in [1.165, 1.54) is 6.92 Å². The van der Waals surface area contributed by atoms with E-state index in [1.54, 1.807) is 0 Å². The Morgan fingerprint density at radius 3 is 2.38 bits per heavy atom. The van der Waals surface area contributed by atoms with Crippen LogP contribution in [0.1, 0.15) is 19.4 Å². The standard InChI is InChI=1S/C19H16F5N3O4S/c1-3-32(29,30)15-7-13(31-10-18(2,20)21)9-25-16(15)27-17(28)14-6-12(19(22,23)24)5-4-11(14)8-26-27/h4-9H,3,10H2,1-2H3. The monoisotopic (exact) mass is 477 g/mol. The Balaban J connectivity index is 2.21. The lowest BCUT2D eigenvalue weighted by Crippen LogP contribution is -2.25. The number of hydrogen-bond acceptors (Lipinski definition) is 6. The fraction of sp³-hybridized carbons (Fsp3) is 0.316. The summed E-state index contributed by atoms with van der Waals surface area (Å²) in [6.07, 6.45) is -2.70. The van der Waals surface area contributed by atoms with E-state index in [-0.39, 0.29) is 16.5 Å². The minimum absolute atomic E-state index is 0.101. The van der Waals surface area contributed by atoms with Gasteiger partial charge >= 0.3 is 6.18 Å². The van der Waals surface area contributed by atoms with Crippen LogP contribution in [0.5, 0.6) is 5.75 Å². The third-order valence-corrected chi connectivity index (χ3v) is 6.06. The first-order valence-corrected chi connectivity index (χ1v) is 10.7. The first-order valence-electron chi connectivity index (χ1n) is 9.06. The highest BCUT2D eigenvalue weighted by Crippen LogP contribution is 2.31. The van der Waals surface area contributed by atoms with Crippen molar-refractivity contribution in [3.63, 3.8) is 0 Å². The van der Waals surface area contributed by atoms with Crippen molar-refractivity contribution in [3.8, 4) is 11.6 Å². The number of ether oxygens (including phenoxy) is 1. The van der Waals surface area contributed by atoms with Crippen LogP contribution in [0, 0.1) is 0 Å². The highest BCUT2D eigenvalue weighted by molar-refractivity contribution is 7.91. The van der Waals surface area contributed by atoms with Gasteiger partial charge in [0.2, 0.25) is 0 Å². The molecule has 0 aliphatic heterocycles. The third-order valence-electron chi connectivity index (χ3n) is 4.33. The van der Waals surface area contributed by atoms with E-state index in [0.717, 1.165) is 30.6 Å². The largest absolute Gasteiger partial charge is 0.486 e. The van der Waals surface area contributed by atoms with Gasteiger partial charge in [-0.25, -0.2) is 22.2 Å². The fourth-order valence-electron chi connectivity index (χ4n) is 2.72. The number of aromatic nitrogens is 3. The van der Waals surface area contributed by atoms with Crippen molar-refractivity contribution in [2.24, 2.45) is 0 Å². The Hall–Kier alpha value is -3.09. The van der Waals surface area contributed by atoms with Crippen molar-refractivity contribution in [2.75, 3.05) is 12.4 Å². The Kier molecular flexibility index (Phi) is 5.98. The van der Waals surface area contributed by atoms with Gasteiger partial charge < -0.3 is 4.74 Å². The number of alkyl halides is 5. The maximum atomic E-state index is 13.1. The summed E-state index contributed by atoms with van der Waals surface area (Å²) in [6.45, 7) is 0.860. The van der Waals surface area contributed by atoms with Crippen molar-refractivity contribution in [2.45, 2.75) is 30.8 Å². The van der Waals surface area contributed by atoms with E-state index >= 15 is 0 Å². The van der Waals surface area contributed by atoms with Crippen LogP contribution in [0.25, 0.3) is 16.6 Å². The molecule has 0 bridgehead atoms. The van der Waals surface area contributed by atoms with E-state index in [2.05, 4.69) is 10.1 Å². The average Bonchev–Trinajstić information content (AvgIpc) is 2.71. The number of halogens is 5. The number of sulfone groups is 1. The molecule has 7 nitrogen and oxygen atoms in total. The van der Waals surface area contributed by atoms with Crippen LogP contribution < -0.4 is 10.3 Å². The molecule has 0 aliphatic carbocycles. The molecule has 0 spiro atoms. The molecule has 0 N–H and O–H groups in total. The second kappa shape index (κ2) is 8.11. The van der Waals surface area contributed by atoms with E-state index in [4.69, 9.17) is 4.74 Å². The first kappa shape index (κ1) is 23.6. The molecule has 0 atom stereocenters. The highest BCUT2D eigenvalue weighted by atomic mass is 32.2. The van der Waals surface area contributed by atoms with Gasteiger partial charge in [-0.3, -0.25) is 4.79 Å². The molecule has 172 valence electrons. The summed E-state index contributed by atoms with van der Waals surface area (Å²) >= 11 is 0. The zero-order valence-electron chi connectivity index (χ0n) is 16.7. The lowest BCUT2D eigenvalue weighted by atomic mass is 10.1. The number of nitrogens with zero attached hydrogens (tertiary/aromatic N) is 3. The maximum Gasteiger partial charge on any atom is 0.416 e. The second-order valence-corrected chi connectivity index (χ2v) is 9.16. The van der Waals surface area contributed by atoms with Crippen LogP contribution in [0.15, 0.2) is 46.3 Å². The molecule has 0 saturated heterocycles. The van der Waals surface area contributed by atoms with E-state index < -0.39 is 56.1 Å². The Bertz CT molecular complexity index is 1330. The summed E-state index contributed by atoms with van der Waals surface area (Å²) in [5.41, 5.74) is -2.11. The van der Waals surface area contributed by atoms with E-state index in [0.29, 0.717) is 17.7 Å². The van der Waals surface area contributed by atoms with E-state index in [1.807, 2.05) is 0 Å². The van der Waals surface area contributed by atoms with Crippen LogP contribution in [0.4, 0.5) is 22.0 Å². The van der Waals surface area contributed by atoms with Crippen LogP contribution in [0.2, 0.25) is 0 Å². The van der Waals surface area contributed by atoms with Gasteiger partial charge in [-0.2, -0.15) is 23.0 Å². The molecule has 3 rings (SSSR count). The zero-order valence-corrected chi connectivity index (χ0v) is 17.5. The zero-order chi connectivity index (χ0) is 23.9. The second-order valence-electron chi connectivity index (χ2n) is 6.92. The SMILES string of the molecule is CCS(=O)(=O)c1cc(OCC(C)(F)F)cnc1-n1ncc2ccc(C(F)(F)F)cc2c1=O. The Morgan fingerprint density at radius 1 is 1.09 bits per heavy atom. The van der Waals surface area contributed by atoms with Gasteiger partial charge in [0.15, 0.2) is 22.3 Å². The molecule has 2 aromatic heterocycles. The minimum atomic E-state index is -4.70. The van der Waals surface area contributed by atoms with Gasteiger partial charge in [0.1, 0.15) is 10.6 Å². The van der Waals surface area contributed by atoms with Crippen molar-refractivity contribution in [1.29, 1.82) is 0 Å². The van der Waals surface area contributed by atoms with E-state index in [9.17, 15) is 35.2 Å². The number of hydrogen-bond donors (Lipinski definition) is 0. The molecule has 2 heterocycles. The summed E-state index contributed by atoms with van der Waals surface area (Å²) in [7, 11) is -4.06. The van der Waals surface area contributed by atoms with Gasteiger partial charge in [0.05, 0.1) is 29.1 Å². The quantitative estimate of drug-likeness (QED) is 0.504. The average molecular weight is 477 g/mol. The Morgan fingerprint density at radius 2 is 1.78 bits per heavy atom. The van der Waals surface area contributed by atoms with Crippen LogP contribution in [-0.2, 0) is 16.0 Å². The lowest BCUT2D eigenvalue weighted by Gasteiger charge is -2.15. The number of fused-ring (bicyclic) bond motifs is 1. The van der Waals surface area contributed by atoms with Crippen molar-refractivity contribution >= 4 is 20.6 Å². The number of pyridine rings is 1. The van der Waals surface area contributed by atoms with Crippen molar-refractivity contribution in [1.82, 2.24) is 14.8 Å². The third kappa shape index (κ3) is 4.87. The first-order chi connectivity index (χ1) is 14.7. The van der Waals surface area contributed by atoms with Gasteiger partial charge in [-0.05, 0) is 12.1 Å². The molecule has 13 heteroatoms. The van der Waals surface area contributed by atoms with Gasteiger partial charge in [-0.15, -0.1) is 0 Å². The van der Waals surface area contributed by atoms with Crippen molar-refractivity contribution in [3.05, 3.63) is 52.6 Å². The molecule has 0 saturated carbocycles. The van der Waals surface area contributed by atoms with Gasteiger partial charge in [0, 0.05) is 18.4 Å². The summed E-state index contributed by atoms with van der Waals surface area (Å²) in [5, 5.41) is 3.57. The maximum absolute atomic E-state index is 13.1. The molecule has 1 aromatic carbocycles. The topological polar surface area (TPSA) is 91.2 Å². The van der Waals surface area contributed by atoms with Gasteiger partial charge in [-0.1, -0.05) is 13.0 Å². The number of rotatable bonds is 6. The smallest absolute Gasteiger partial charge is 0.416 e. The summed E-state index contributed by atoms with van der Waals surface area (Å²) in [4.78, 5) is 16.2. The van der Waals surface area contributed by atoms with Gasteiger partial charge in [0.25, 0.3) is 11.5 Å². The molecule has 0 aliphatic rings. The molecule has 0 amide bonds. The predicted molar refractivity (Wildman–Crippen MR) is 104 cm³/mol. The molecule has 32 heavy (non-hydrogen) atoms. The van der Waals surface area contributed by atoms with Crippen LogP contribution >= 0.6 is 0 Å². The predicted octanol–water partition coefficient (Wildman–Crippen LogP) is 3.63. The minimum Gasteiger partial charge on any atom is -0.486 e. The molecular formula is C19H16F5N3O4S. The lowest BCUT2D eigenvalue weighted by molar-refractivity contribution is -0.137. The molecular weight excluding hydrogens is 461 g/mol. The molecule has 0 radical (unpaired) electrons. The number of benzene rings is 1. The molecule has 0 unspecified atom stereocenters. The Labute approximate surface area is 178 Å². The summed E-state index contributed by atoms with van der Waals surface area (Å²) < 4.78 is 95.9. The van der Waals surface area contributed by atoms with Crippen molar-refractivity contribution < 1.29 is 35.1 Å².